The molecule has 2 aromatic heterocycles. The van der Waals surface area contributed by atoms with E-state index in [0.717, 1.165) is 17.8 Å². The van der Waals surface area contributed by atoms with Crippen LogP contribution in [-0.4, -0.2) is 32.4 Å². The molecule has 6 nitrogen and oxygen atoms in total. The smallest absolute Gasteiger partial charge is 0.316 e. The molecule has 0 amide bonds. The van der Waals surface area contributed by atoms with Crippen molar-refractivity contribution in [3.05, 3.63) is 29.8 Å². The van der Waals surface area contributed by atoms with E-state index in [-0.39, 0.29) is 6.04 Å². The van der Waals surface area contributed by atoms with Crippen LogP contribution in [0.15, 0.2) is 18.6 Å². The highest BCUT2D eigenvalue weighted by Crippen LogP contribution is 2.19. The van der Waals surface area contributed by atoms with Gasteiger partial charge in [0.1, 0.15) is 0 Å². The lowest BCUT2D eigenvalue weighted by Gasteiger charge is -2.14. The summed E-state index contributed by atoms with van der Waals surface area (Å²) in [7, 11) is 1.54. The minimum absolute atomic E-state index is 0.0235. The van der Waals surface area contributed by atoms with E-state index in [1.807, 2.05) is 6.92 Å². The normalized spacial score (nSPS) is 12.4. The van der Waals surface area contributed by atoms with Crippen LogP contribution >= 0.6 is 11.7 Å². The molecule has 17 heavy (non-hydrogen) atoms. The Balaban J connectivity index is 2.26. The van der Waals surface area contributed by atoms with Gasteiger partial charge in [-0.3, -0.25) is 0 Å². The molecule has 1 N–H and O–H groups in total. The summed E-state index contributed by atoms with van der Waals surface area (Å²) in [6.07, 6.45) is 5.22. The number of ether oxygens (including phenoxy) is 1. The van der Waals surface area contributed by atoms with Gasteiger partial charge in [0.05, 0.1) is 36.8 Å². The molecule has 90 valence electrons. The molecule has 0 aliphatic heterocycles. The second kappa shape index (κ2) is 5.65. The molecular weight excluding hydrogens is 238 g/mol. The first-order valence-corrected chi connectivity index (χ1v) is 5.95. The minimum atomic E-state index is -0.0235. The van der Waals surface area contributed by atoms with Crippen LogP contribution in [0.25, 0.3) is 0 Å². The van der Waals surface area contributed by atoms with E-state index < -0.39 is 0 Å². The monoisotopic (exact) mass is 251 g/mol. The molecule has 2 heterocycles. The van der Waals surface area contributed by atoms with E-state index >= 15 is 0 Å². The third kappa shape index (κ3) is 2.75. The molecule has 0 bridgehead atoms. The summed E-state index contributed by atoms with van der Waals surface area (Å²) >= 11 is 1.19. The second-order valence-corrected chi connectivity index (χ2v) is 3.88. The Morgan fingerprint density at radius 3 is 2.65 bits per heavy atom. The molecule has 7 heteroatoms. The Morgan fingerprint density at radius 2 is 2.12 bits per heavy atom. The summed E-state index contributed by atoms with van der Waals surface area (Å²) in [6.45, 7) is 2.87. The fourth-order valence-corrected chi connectivity index (χ4v) is 1.93. The first-order valence-electron chi connectivity index (χ1n) is 5.22. The van der Waals surface area contributed by atoms with Crippen molar-refractivity contribution >= 4 is 11.7 Å². The number of aromatic nitrogens is 4. The lowest BCUT2D eigenvalue weighted by molar-refractivity contribution is 0.378. The van der Waals surface area contributed by atoms with Crippen molar-refractivity contribution in [1.82, 2.24) is 24.0 Å². The summed E-state index contributed by atoms with van der Waals surface area (Å²) < 4.78 is 13.2. The van der Waals surface area contributed by atoms with Crippen LogP contribution in [0.4, 0.5) is 0 Å². The Labute approximate surface area is 103 Å². The highest BCUT2D eigenvalue weighted by Gasteiger charge is 2.16. The van der Waals surface area contributed by atoms with Crippen molar-refractivity contribution in [1.29, 1.82) is 0 Å². The van der Waals surface area contributed by atoms with Crippen molar-refractivity contribution in [2.24, 2.45) is 0 Å². The fraction of sp³-hybridized carbons (Fsp3) is 0.400. The first-order chi connectivity index (χ1) is 8.35. The Bertz CT molecular complexity index is 444. The van der Waals surface area contributed by atoms with Gasteiger partial charge in [-0.2, -0.15) is 8.75 Å². The van der Waals surface area contributed by atoms with Gasteiger partial charge in [-0.1, -0.05) is 6.92 Å². The van der Waals surface area contributed by atoms with E-state index in [2.05, 4.69) is 24.0 Å². The van der Waals surface area contributed by atoms with E-state index in [1.165, 1.54) is 11.7 Å². The van der Waals surface area contributed by atoms with E-state index in [1.54, 1.807) is 25.7 Å². The third-order valence-corrected chi connectivity index (χ3v) is 2.74. The van der Waals surface area contributed by atoms with Crippen molar-refractivity contribution in [2.45, 2.75) is 13.0 Å². The highest BCUT2D eigenvalue weighted by atomic mass is 32.1. The molecule has 0 spiro atoms. The van der Waals surface area contributed by atoms with Gasteiger partial charge < -0.3 is 10.1 Å². The summed E-state index contributed by atoms with van der Waals surface area (Å²) in [5.41, 5.74) is 1.82. The lowest BCUT2D eigenvalue weighted by atomic mass is 10.1. The van der Waals surface area contributed by atoms with Gasteiger partial charge in [0.15, 0.2) is 0 Å². The minimum Gasteiger partial charge on any atom is -0.467 e. The van der Waals surface area contributed by atoms with Crippen LogP contribution in [0.2, 0.25) is 0 Å². The van der Waals surface area contributed by atoms with Gasteiger partial charge in [-0.25, -0.2) is 9.97 Å². The molecular formula is C10H13N5OS. The zero-order chi connectivity index (χ0) is 12.1. The van der Waals surface area contributed by atoms with Gasteiger partial charge in [0.25, 0.3) is 0 Å². The molecule has 2 rings (SSSR count). The molecule has 0 aromatic carbocycles. The third-order valence-electron chi connectivity index (χ3n) is 2.25. The Hall–Kier alpha value is -1.60. The number of nitrogens with zero attached hydrogens (tertiary/aromatic N) is 4. The highest BCUT2D eigenvalue weighted by molar-refractivity contribution is 6.99. The number of methoxy groups -OCH3 is 1. The van der Waals surface area contributed by atoms with Crippen molar-refractivity contribution in [3.63, 3.8) is 0 Å². The number of hydrogen-bond donors (Lipinski definition) is 1. The van der Waals surface area contributed by atoms with Gasteiger partial charge >= 0.3 is 6.01 Å². The average Bonchev–Trinajstić information content (AvgIpc) is 2.90. The molecule has 0 aliphatic rings. The van der Waals surface area contributed by atoms with E-state index in [9.17, 15) is 0 Å². The zero-order valence-electron chi connectivity index (χ0n) is 9.62. The number of nitrogens with one attached hydrogen (secondary N) is 1. The molecule has 0 saturated carbocycles. The largest absolute Gasteiger partial charge is 0.467 e. The van der Waals surface area contributed by atoms with Crippen LogP contribution in [0, 0.1) is 0 Å². The van der Waals surface area contributed by atoms with Crippen LogP contribution in [0.3, 0.4) is 0 Å². The number of hydrogen-bond acceptors (Lipinski definition) is 7. The topological polar surface area (TPSA) is 72.8 Å². The maximum absolute atomic E-state index is 4.93. The van der Waals surface area contributed by atoms with Crippen LogP contribution in [0.1, 0.15) is 24.2 Å². The second-order valence-electron chi connectivity index (χ2n) is 3.33. The zero-order valence-corrected chi connectivity index (χ0v) is 10.4. The predicted molar refractivity (Wildman–Crippen MR) is 64.0 cm³/mol. The average molecular weight is 251 g/mol. The fourth-order valence-electron chi connectivity index (χ4n) is 1.48. The summed E-state index contributed by atoms with van der Waals surface area (Å²) in [5.74, 6) is 0. The van der Waals surface area contributed by atoms with Crippen LogP contribution in [-0.2, 0) is 0 Å². The van der Waals surface area contributed by atoms with Gasteiger partial charge in [-0.05, 0) is 6.54 Å². The Kier molecular flexibility index (Phi) is 3.94. The lowest BCUT2D eigenvalue weighted by Crippen LogP contribution is -2.22. The van der Waals surface area contributed by atoms with Crippen LogP contribution in [0.5, 0.6) is 6.01 Å². The number of rotatable bonds is 5. The quantitative estimate of drug-likeness (QED) is 0.856. The maximum Gasteiger partial charge on any atom is 0.316 e. The summed E-state index contributed by atoms with van der Waals surface area (Å²) in [4.78, 5) is 8.18. The Morgan fingerprint density at radius 1 is 1.35 bits per heavy atom. The predicted octanol–water partition coefficient (Wildman–Crippen LogP) is 1.04. The SMILES string of the molecule is CCNC(c1cnc(OC)nc1)c1cnsn1. The standard InChI is InChI=1S/C10H13N5OS/c1-3-11-9(8-6-14-17-15-8)7-4-12-10(16-2)13-5-7/h4-6,9,11H,3H2,1-2H3. The molecule has 0 aliphatic carbocycles. The molecule has 1 atom stereocenters. The molecule has 1 unspecified atom stereocenters. The first kappa shape index (κ1) is 11.9. The molecule has 0 radical (unpaired) electrons. The van der Waals surface area contributed by atoms with Gasteiger partial charge in [0, 0.05) is 18.0 Å². The summed E-state index contributed by atoms with van der Waals surface area (Å²) in [5, 5.41) is 3.32. The van der Waals surface area contributed by atoms with Crippen molar-refractivity contribution < 1.29 is 4.74 Å². The van der Waals surface area contributed by atoms with E-state index in [4.69, 9.17) is 4.74 Å². The van der Waals surface area contributed by atoms with E-state index in [0.29, 0.717) is 6.01 Å². The molecule has 0 fully saturated rings. The van der Waals surface area contributed by atoms with Crippen molar-refractivity contribution in [2.75, 3.05) is 13.7 Å². The van der Waals surface area contributed by atoms with Gasteiger partial charge in [0.2, 0.25) is 0 Å². The molecule has 0 saturated heterocycles. The molecule has 2 aromatic rings. The maximum atomic E-state index is 4.93. The van der Waals surface area contributed by atoms with Gasteiger partial charge in [-0.15, -0.1) is 0 Å². The summed E-state index contributed by atoms with van der Waals surface area (Å²) in [6, 6.07) is 0.338. The van der Waals surface area contributed by atoms with Crippen LogP contribution < -0.4 is 10.1 Å². The van der Waals surface area contributed by atoms with Crippen molar-refractivity contribution in [3.8, 4) is 6.01 Å².